The van der Waals surface area contributed by atoms with Crippen LogP contribution in [0.2, 0.25) is 0 Å². The summed E-state index contributed by atoms with van der Waals surface area (Å²) >= 11 is 0. The monoisotopic (exact) mass is 380 g/mol. The van der Waals surface area contributed by atoms with Crippen LogP contribution in [-0.2, 0) is 14.3 Å². The molecule has 8 heteroatoms. The summed E-state index contributed by atoms with van der Waals surface area (Å²) in [5, 5.41) is 47.2. The van der Waals surface area contributed by atoms with Crippen molar-refractivity contribution < 1.29 is 39.8 Å². The normalized spacial score (nSPS) is 13.7. The highest BCUT2D eigenvalue weighted by atomic mass is 16.5. The lowest BCUT2D eigenvalue weighted by Gasteiger charge is -2.32. The number of hydrogen-bond donors (Lipinski definition) is 5. The molecule has 1 atom stereocenters. The van der Waals surface area contributed by atoms with Crippen LogP contribution in [0.4, 0.5) is 0 Å². The molecule has 0 aromatic carbocycles. The summed E-state index contributed by atoms with van der Waals surface area (Å²) in [7, 11) is 0. The van der Waals surface area contributed by atoms with Crippen molar-refractivity contribution in [2.45, 2.75) is 39.5 Å². The summed E-state index contributed by atoms with van der Waals surface area (Å²) < 4.78 is 10.7. The summed E-state index contributed by atoms with van der Waals surface area (Å²) in [6, 6.07) is 0. The summed E-state index contributed by atoms with van der Waals surface area (Å²) in [6.45, 7) is 1.08. The van der Waals surface area contributed by atoms with E-state index in [1.165, 1.54) is 0 Å². The molecule has 156 valence electrons. The van der Waals surface area contributed by atoms with Gasteiger partial charge in [-0.2, -0.15) is 0 Å². The minimum Gasteiger partial charge on any atom is -0.465 e. The third-order valence-corrected chi connectivity index (χ3v) is 4.75. The van der Waals surface area contributed by atoms with Gasteiger partial charge in [-0.1, -0.05) is 26.7 Å². The van der Waals surface area contributed by atoms with E-state index in [1.807, 2.05) is 13.8 Å². The number of carbonyl (C=O) groups excluding carboxylic acids is 1. The Balaban J connectivity index is 4.71. The lowest BCUT2D eigenvalue weighted by molar-refractivity contribution is -0.159. The smallest absolute Gasteiger partial charge is 0.308 e. The number of ether oxygens (including phenoxy) is 2. The third-order valence-electron chi connectivity index (χ3n) is 4.75. The highest BCUT2D eigenvalue weighted by Gasteiger charge is 2.35. The first-order chi connectivity index (χ1) is 12.4. The van der Waals surface area contributed by atoms with Gasteiger partial charge in [0.05, 0.1) is 63.0 Å². The van der Waals surface area contributed by atoms with E-state index in [0.717, 1.165) is 19.3 Å². The minimum atomic E-state index is -1.21. The van der Waals surface area contributed by atoms with Crippen molar-refractivity contribution >= 4 is 5.97 Å². The maximum absolute atomic E-state index is 12.2. The molecule has 0 radical (unpaired) electrons. The Morgan fingerprint density at radius 2 is 1.35 bits per heavy atom. The van der Waals surface area contributed by atoms with E-state index in [9.17, 15) is 30.3 Å². The number of rotatable bonds is 16. The van der Waals surface area contributed by atoms with Crippen molar-refractivity contribution in [3.8, 4) is 0 Å². The average Bonchev–Trinajstić information content (AvgIpc) is 2.69. The lowest BCUT2D eigenvalue weighted by Crippen LogP contribution is -2.44. The van der Waals surface area contributed by atoms with Crippen molar-refractivity contribution in [3.05, 3.63) is 0 Å². The van der Waals surface area contributed by atoms with Gasteiger partial charge in [-0.05, 0) is 12.8 Å². The van der Waals surface area contributed by atoms with Crippen LogP contribution < -0.4 is 0 Å². The Bertz CT molecular complexity index is 358. The molecule has 0 saturated carbocycles. The van der Waals surface area contributed by atoms with Gasteiger partial charge in [0.2, 0.25) is 0 Å². The molecule has 0 fully saturated rings. The minimum absolute atomic E-state index is 0.152. The fourth-order valence-corrected chi connectivity index (χ4v) is 2.33. The van der Waals surface area contributed by atoms with Crippen LogP contribution in [-0.4, -0.2) is 84.4 Å². The molecule has 0 aromatic heterocycles. The van der Waals surface area contributed by atoms with Crippen molar-refractivity contribution in [2.24, 2.45) is 16.7 Å². The van der Waals surface area contributed by atoms with Crippen molar-refractivity contribution in [1.29, 1.82) is 0 Å². The number of esters is 1. The Morgan fingerprint density at radius 1 is 0.846 bits per heavy atom. The molecule has 0 aliphatic rings. The summed E-state index contributed by atoms with van der Waals surface area (Å²) in [4.78, 5) is 12.2. The Morgan fingerprint density at radius 3 is 1.77 bits per heavy atom. The van der Waals surface area contributed by atoms with E-state index in [1.54, 1.807) is 0 Å². The van der Waals surface area contributed by atoms with Crippen LogP contribution in [0, 0.1) is 16.7 Å². The molecule has 5 N–H and O–H groups in total. The Kier molecular flexibility index (Phi) is 13.0. The van der Waals surface area contributed by atoms with Crippen molar-refractivity contribution in [1.82, 2.24) is 0 Å². The molecule has 0 amide bonds. The average molecular weight is 380 g/mol. The maximum atomic E-state index is 12.2. The summed E-state index contributed by atoms with van der Waals surface area (Å²) in [6.07, 6.45) is 3.30. The van der Waals surface area contributed by atoms with E-state index in [0.29, 0.717) is 6.42 Å². The Hall–Kier alpha value is -0.770. The summed E-state index contributed by atoms with van der Waals surface area (Å²) in [5.41, 5.74) is -2.40. The molecule has 0 aromatic rings. The molecular weight excluding hydrogens is 344 g/mol. The molecule has 0 rings (SSSR count). The molecule has 8 nitrogen and oxygen atoms in total. The zero-order chi connectivity index (χ0) is 20.1. The molecule has 0 spiro atoms. The van der Waals surface area contributed by atoms with Crippen molar-refractivity contribution in [3.63, 3.8) is 0 Å². The van der Waals surface area contributed by atoms with Crippen LogP contribution in [0.25, 0.3) is 0 Å². The van der Waals surface area contributed by atoms with Gasteiger partial charge in [0.15, 0.2) is 0 Å². The fraction of sp³-hybridized carbons (Fsp3) is 0.944. The van der Waals surface area contributed by atoms with Crippen LogP contribution in [0.3, 0.4) is 0 Å². The van der Waals surface area contributed by atoms with Crippen LogP contribution >= 0.6 is 0 Å². The molecular formula is C18H36O8. The standard InChI is InChI=1S/C18H36O8/c1-3-5-6-15(4-2)16(24)26-14-18(10-22,11-23)13-25-12-17(7-19,8-20)9-21/h15,19-23H,3-14H2,1-2H3. The maximum Gasteiger partial charge on any atom is 0.308 e. The topological polar surface area (TPSA) is 137 Å². The number of hydrogen-bond acceptors (Lipinski definition) is 8. The largest absolute Gasteiger partial charge is 0.465 e. The van der Waals surface area contributed by atoms with Gasteiger partial charge in [0.1, 0.15) is 6.61 Å². The second-order valence-electron chi connectivity index (χ2n) is 7.14. The van der Waals surface area contributed by atoms with Crippen LogP contribution in [0.1, 0.15) is 39.5 Å². The van der Waals surface area contributed by atoms with Gasteiger partial charge in [-0.25, -0.2) is 0 Å². The molecule has 0 aliphatic carbocycles. The molecule has 26 heavy (non-hydrogen) atoms. The van der Waals surface area contributed by atoms with E-state index in [4.69, 9.17) is 9.47 Å². The van der Waals surface area contributed by atoms with Gasteiger partial charge >= 0.3 is 5.97 Å². The number of aliphatic hydroxyl groups is 5. The van der Waals surface area contributed by atoms with Gasteiger partial charge in [0, 0.05) is 0 Å². The predicted octanol–water partition coefficient (Wildman–Crippen LogP) is -0.303. The molecule has 1 unspecified atom stereocenters. The number of unbranched alkanes of at least 4 members (excludes halogenated alkanes) is 1. The van der Waals surface area contributed by atoms with E-state index in [-0.39, 0.29) is 31.7 Å². The Labute approximate surface area is 155 Å². The van der Waals surface area contributed by atoms with Crippen LogP contribution in [0.15, 0.2) is 0 Å². The first-order valence-corrected chi connectivity index (χ1v) is 9.20. The van der Waals surface area contributed by atoms with Gasteiger partial charge in [-0.3, -0.25) is 4.79 Å². The molecule has 0 aliphatic heterocycles. The van der Waals surface area contributed by atoms with E-state index in [2.05, 4.69) is 0 Å². The molecule has 0 bridgehead atoms. The van der Waals surface area contributed by atoms with Gasteiger partial charge in [-0.15, -0.1) is 0 Å². The highest BCUT2D eigenvalue weighted by molar-refractivity contribution is 5.72. The molecule has 0 saturated heterocycles. The number of carbonyl (C=O) groups is 1. The number of aliphatic hydroxyl groups excluding tert-OH is 5. The van der Waals surface area contributed by atoms with Crippen LogP contribution in [0.5, 0.6) is 0 Å². The third kappa shape index (κ3) is 7.85. The van der Waals surface area contributed by atoms with E-state index >= 15 is 0 Å². The van der Waals surface area contributed by atoms with Gasteiger partial charge in [0.25, 0.3) is 0 Å². The van der Waals surface area contributed by atoms with Crippen molar-refractivity contribution in [2.75, 3.05) is 52.9 Å². The zero-order valence-electron chi connectivity index (χ0n) is 16.0. The quantitative estimate of drug-likeness (QED) is 0.230. The zero-order valence-corrected chi connectivity index (χ0v) is 16.0. The second kappa shape index (κ2) is 13.4. The molecule has 0 heterocycles. The lowest BCUT2D eigenvalue weighted by atomic mass is 9.90. The SMILES string of the molecule is CCCCC(CC)C(=O)OCC(CO)(CO)COCC(CO)(CO)CO. The predicted molar refractivity (Wildman–Crippen MR) is 95.4 cm³/mol. The highest BCUT2D eigenvalue weighted by Crippen LogP contribution is 2.22. The fourth-order valence-electron chi connectivity index (χ4n) is 2.33. The van der Waals surface area contributed by atoms with Gasteiger partial charge < -0.3 is 35.0 Å². The van der Waals surface area contributed by atoms with E-state index < -0.39 is 43.9 Å². The first kappa shape index (κ1) is 25.2. The first-order valence-electron chi connectivity index (χ1n) is 9.20. The summed E-state index contributed by atoms with van der Waals surface area (Å²) in [5.74, 6) is -0.570. The second-order valence-corrected chi connectivity index (χ2v) is 7.14.